The second-order valence-electron chi connectivity index (χ2n) is 7.02. The van der Waals surface area contributed by atoms with Crippen LogP contribution in [0, 0.1) is 0 Å². The molecule has 0 radical (unpaired) electrons. The highest BCUT2D eigenvalue weighted by Crippen LogP contribution is 2.32. The van der Waals surface area contributed by atoms with Gasteiger partial charge in [0.15, 0.2) is 14.7 Å². The second-order valence-corrected chi connectivity index (χ2v) is 10.7. The van der Waals surface area contributed by atoms with Crippen molar-refractivity contribution in [3.05, 3.63) is 97.1 Å². The fourth-order valence-corrected chi connectivity index (χ4v) is 5.91. The standard InChI is InChI=1S/C25H25O5S2/c1-20(2)25(26)29-18-9-19-32(27,28)30-21-14-16-24(17-15-21)31(22-10-5-3-6-11-22)23-12-7-4-8-13-23/h3-8,10-17H,1,9,18-19H2,2H3/q+1. The van der Waals surface area contributed by atoms with E-state index in [0.717, 1.165) is 4.90 Å². The molecule has 166 valence electrons. The summed E-state index contributed by atoms with van der Waals surface area (Å²) in [5.41, 5.74) is 0.272. The average molecular weight is 470 g/mol. The molecular weight excluding hydrogens is 444 g/mol. The van der Waals surface area contributed by atoms with Crippen LogP contribution in [0.1, 0.15) is 13.3 Å². The lowest BCUT2D eigenvalue weighted by Gasteiger charge is -2.10. The Balaban J connectivity index is 1.69. The van der Waals surface area contributed by atoms with Crippen molar-refractivity contribution >= 4 is 27.0 Å². The van der Waals surface area contributed by atoms with Gasteiger partial charge < -0.3 is 8.92 Å². The molecule has 7 heteroatoms. The largest absolute Gasteiger partial charge is 0.462 e. The van der Waals surface area contributed by atoms with E-state index < -0.39 is 16.1 Å². The van der Waals surface area contributed by atoms with Gasteiger partial charge in [-0.3, -0.25) is 0 Å². The summed E-state index contributed by atoms with van der Waals surface area (Å²) in [6, 6.07) is 27.5. The van der Waals surface area contributed by atoms with Gasteiger partial charge in [0.2, 0.25) is 0 Å². The van der Waals surface area contributed by atoms with Crippen molar-refractivity contribution in [1.82, 2.24) is 0 Å². The lowest BCUT2D eigenvalue weighted by molar-refractivity contribution is -0.138. The Labute approximate surface area is 192 Å². The summed E-state index contributed by atoms with van der Waals surface area (Å²) in [4.78, 5) is 14.7. The van der Waals surface area contributed by atoms with Crippen LogP contribution in [0.2, 0.25) is 0 Å². The first kappa shape index (κ1) is 23.6. The van der Waals surface area contributed by atoms with Crippen molar-refractivity contribution in [2.24, 2.45) is 0 Å². The molecule has 0 spiro atoms. The smallest absolute Gasteiger partial charge is 0.333 e. The lowest BCUT2D eigenvalue weighted by atomic mass is 10.3. The third-order valence-corrected chi connectivity index (χ3v) is 7.83. The normalized spacial score (nSPS) is 11.2. The first-order valence-corrected chi connectivity index (χ1v) is 12.9. The van der Waals surface area contributed by atoms with Crippen molar-refractivity contribution in [2.45, 2.75) is 28.0 Å². The summed E-state index contributed by atoms with van der Waals surface area (Å²) in [6.07, 6.45) is 0.144. The fraction of sp³-hybridized carbons (Fsp3) is 0.160. The summed E-state index contributed by atoms with van der Waals surface area (Å²) >= 11 is 0. The monoisotopic (exact) mass is 469 g/mol. The van der Waals surface area contributed by atoms with Gasteiger partial charge in [-0.2, -0.15) is 8.42 Å². The van der Waals surface area contributed by atoms with Crippen molar-refractivity contribution in [3.8, 4) is 5.75 Å². The van der Waals surface area contributed by atoms with Gasteiger partial charge in [-0.05, 0) is 61.9 Å². The number of rotatable bonds is 10. The van der Waals surface area contributed by atoms with E-state index in [0.29, 0.717) is 0 Å². The maximum absolute atomic E-state index is 12.3. The van der Waals surface area contributed by atoms with E-state index in [4.69, 9.17) is 8.92 Å². The number of hydrogen-bond donors (Lipinski definition) is 0. The van der Waals surface area contributed by atoms with E-state index in [1.54, 1.807) is 12.1 Å². The molecule has 0 amide bonds. The van der Waals surface area contributed by atoms with Gasteiger partial charge in [-0.15, -0.1) is 0 Å². The third kappa shape index (κ3) is 6.73. The zero-order valence-corrected chi connectivity index (χ0v) is 19.4. The molecule has 0 saturated carbocycles. The zero-order chi connectivity index (χ0) is 23.0. The van der Waals surface area contributed by atoms with Crippen molar-refractivity contribution < 1.29 is 22.1 Å². The van der Waals surface area contributed by atoms with Crippen LogP contribution in [0.15, 0.2) is 112 Å². The van der Waals surface area contributed by atoms with Crippen LogP contribution in [0.3, 0.4) is 0 Å². The molecular formula is C25H25O5S2+. The average Bonchev–Trinajstić information content (AvgIpc) is 2.79. The molecule has 0 heterocycles. The molecule has 3 rings (SSSR count). The molecule has 0 unspecified atom stereocenters. The van der Waals surface area contributed by atoms with Crippen LogP contribution in [0.5, 0.6) is 5.75 Å². The number of benzene rings is 3. The number of hydrogen-bond acceptors (Lipinski definition) is 5. The summed E-state index contributed by atoms with van der Waals surface area (Å²) in [7, 11) is -4.12. The van der Waals surface area contributed by atoms with E-state index in [1.165, 1.54) is 16.7 Å². The first-order valence-electron chi connectivity index (χ1n) is 10.0. The van der Waals surface area contributed by atoms with Crippen LogP contribution in [0.4, 0.5) is 0 Å². The Hall–Kier alpha value is -3.03. The van der Waals surface area contributed by atoms with Gasteiger partial charge in [-0.25, -0.2) is 4.79 Å². The summed E-state index contributed by atoms with van der Waals surface area (Å²) in [5, 5.41) is 0. The quantitative estimate of drug-likeness (QED) is 0.137. The Bertz CT molecular complexity index is 1100. The Morgan fingerprint density at radius 1 is 0.844 bits per heavy atom. The molecule has 0 N–H and O–H groups in total. The minimum absolute atomic E-state index is 0.00975. The lowest BCUT2D eigenvalue weighted by Crippen LogP contribution is -2.16. The minimum Gasteiger partial charge on any atom is -0.462 e. The minimum atomic E-state index is -3.80. The number of esters is 1. The maximum Gasteiger partial charge on any atom is 0.333 e. The topological polar surface area (TPSA) is 69.7 Å². The molecule has 0 aromatic heterocycles. The van der Waals surface area contributed by atoms with Gasteiger partial charge in [0.25, 0.3) is 0 Å². The Morgan fingerprint density at radius 2 is 1.34 bits per heavy atom. The molecule has 3 aromatic rings. The highest BCUT2D eigenvalue weighted by atomic mass is 32.2. The molecule has 0 aliphatic heterocycles. The van der Waals surface area contributed by atoms with Crippen LogP contribution in [-0.4, -0.2) is 26.7 Å². The van der Waals surface area contributed by atoms with Gasteiger partial charge in [-0.1, -0.05) is 43.0 Å². The third-order valence-electron chi connectivity index (χ3n) is 4.36. The van der Waals surface area contributed by atoms with E-state index in [2.05, 4.69) is 30.8 Å². The van der Waals surface area contributed by atoms with Crippen LogP contribution in [-0.2, 0) is 30.5 Å². The summed E-state index contributed by atoms with van der Waals surface area (Å²) < 4.78 is 34.7. The molecule has 5 nitrogen and oxygen atoms in total. The predicted octanol–water partition coefficient (Wildman–Crippen LogP) is 5.00. The molecule has 32 heavy (non-hydrogen) atoms. The van der Waals surface area contributed by atoms with Crippen molar-refractivity contribution in [2.75, 3.05) is 12.4 Å². The zero-order valence-electron chi connectivity index (χ0n) is 17.8. The molecule has 0 saturated heterocycles. The fourth-order valence-electron chi connectivity index (χ4n) is 2.86. The molecule has 0 aliphatic carbocycles. The molecule has 0 fully saturated rings. The van der Waals surface area contributed by atoms with Gasteiger partial charge in [0.05, 0.1) is 23.3 Å². The predicted molar refractivity (Wildman–Crippen MR) is 126 cm³/mol. The van der Waals surface area contributed by atoms with E-state index >= 15 is 0 Å². The summed E-state index contributed by atoms with van der Waals surface area (Å²) in [5.74, 6) is -0.542. The van der Waals surface area contributed by atoms with Gasteiger partial charge >= 0.3 is 16.1 Å². The van der Waals surface area contributed by atoms with E-state index in [1.807, 2.05) is 48.5 Å². The summed E-state index contributed by atoms with van der Waals surface area (Å²) in [6.45, 7) is 5.00. The first-order chi connectivity index (χ1) is 15.4. The Morgan fingerprint density at radius 3 is 1.84 bits per heavy atom. The van der Waals surface area contributed by atoms with Gasteiger partial charge in [0.1, 0.15) is 5.75 Å². The van der Waals surface area contributed by atoms with Crippen LogP contribution >= 0.6 is 0 Å². The molecule has 0 atom stereocenters. The maximum atomic E-state index is 12.3. The van der Waals surface area contributed by atoms with Crippen LogP contribution < -0.4 is 4.18 Å². The van der Waals surface area contributed by atoms with Crippen molar-refractivity contribution in [1.29, 1.82) is 0 Å². The molecule has 0 aliphatic rings. The van der Waals surface area contributed by atoms with E-state index in [-0.39, 0.29) is 41.0 Å². The highest BCUT2D eigenvalue weighted by Gasteiger charge is 2.28. The highest BCUT2D eigenvalue weighted by molar-refractivity contribution is 7.97. The SMILES string of the molecule is C=C(C)C(=O)OCCCS(=O)(=O)Oc1ccc([S+](c2ccccc2)c2ccccc2)cc1. The van der Waals surface area contributed by atoms with Gasteiger partial charge in [0, 0.05) is 5.57 Å². The number of carbonyl (C=O) groups is 1. The molecule has 3 aromatic carbocycles. The number of carbonyl (C=O) groups excluding carboxylic acids is 1. The van der Waals surface area contributed by atoms with Crippen molar-refractivity contribution in [3.63, 3.8) is 0 Å². The second kappa shape index (κ2) is 11.0. The number of ether oxygens (including phenoxy) is 1. The van der Waals surface area contributed by atoms with E-state index in [9.17, 15) is 13.2 Å². The van der Waals surface area contributed by atoms with Crippen LogP contribution in [0.25, 0.3) is 0 Å². The Kier molecular flexibility index (Phi) is 8.14. The molecule has 0 bridgehead atoms.